The Bertz CT molecular complexity index is 75.0. The Morgan fingerprint density at radius 2 is 1.50 bits per heavy atom. The highest BCUT2D eigenvalue weighted by Crippen LogP contribution is 1.97. The Hall–Kier alpha value is -0.160. The molecule has 100 valence electrons. The maximum Gasteiger partial charge on any atom is 0.0701 e. The molecule has 0 aliphatic heterocycles. The molecular formula is C12H28O4. The predicted molar refractivity (Wildman–Crippen MR) is 65.8 cm³/mol. The third-order valence-corrected chi connectivity index (χ3v) is 1.87. The van der Waals surface area contributed by atoms with Gasteiger partial charge in [-0.05, 0) is 6.42 Å². The molecule has 1 N–H and O–H groups in total. The second kappa shape index (κ2) is 20.3. The topological polar surface area (TPSA) is 47.9 Å². The summed E-state index contributed by atoms with van der Waals surface area (Å²) in [5, 5.41) is 8.20. The molecule has 0 radical (unpaired) electrons. The molecule has 0 saturated heterocycles. The summed E-state index contributed by atoms with van der Waals surface area (Å²) in [6, 6.07) is 0. The van der Waals surface area contributed by atoms with Gasteiger partial charge >= 0.3 is 0 Å². The number of hydrogen-bond acceptors (Lipinski definition) is 4. The highest BCUT2D eigenvalue weighted by molar-refractivity contribution is 4.37. The van der Waals surface area contributed by atoms with Gasteiger partial charge < -0.3 is 19.3 Å². The largest absolute Gasteiger partial charge is 0.394 e. The lowest BCUT2D eigenvalue weighted by Gasteiger charge is -1.98. The van der Waals surface area contributed by atoms with Crippen LogP contribution in [-0.4, -0.2) is 52.4 Å². The Labute approximate surface area is 99.9 Å². The maximum atomic E-state index is 8.20. The molecule has 0 aromatic heterocycles. The Balaban J connectivity index is 0. The zero-order valence-electron chi connectivity index (χ0n) is 11.0. The Kier molecular flexibility index (Phi) is 23.1. The molecule has 4 heteroatoms. The second-order valence-electron chi connectivity index (χ2n) is 3.38. The first-order valence-electron chi connectivity index (χ1n) is 5.99. The molecule has 0 aromatic rings. The zero-order valence-corrected chi connectivity index (χ0v) is 11.0. The number of ether oxygens (including phenoxy) is 3. The summed E-state index contributed by atoms with van der Waals surface area (Å²) < 4.78 is 14.4. The van der Waals surface area contributed by atoms with Crippen LogP contribution in [0.4, 0.5) is 0 Å². The van der Waals surface area contributed by atoms with Crippen molar-refractivity contribution in [3.63, 3.8) is 0 Å². The third-order valence-electron chi connectivity index (χ3n) is 1.87. The number of aliphatic hydroxyl groups is 1. The van der Waals surface area contributed by atoms with Gasteiger partial charge in [-0.1, -0.05) is 26.2 Å². The molecule has 0 bridgehead atoms. The van der Waals surface area contributed by atoms with Gasteiger partial charge in [-0.25, -0.2) is 0 Å². The first-order chi connectivity index (χ1) is 7.83. The fourth-order valence-electron chi connectivity index (χ4n) is 0.982. The lowest BCUT2D eigenvalue weighted by atomic mass is 10.2. The maximum absolute atomic E-state index is 8.20. The van der Waals surface area contributed by atoms with E-state index in [-0.39, 0.29) is 6.61 Å². The molecule has 0 amide bonds. The summed E-state index contributed by atoms with van der Waals surface area (Å²) in [6.45, 7) is 4.80. The van der Waals surface area contributed by atoms with Crippen molar-refractivity contribution < 1.29 is 19.3 Å². The molecule has 0 atom stereocenters. The van der Waals surface area contributed by atoms with Crippen LogP contribution in [0.15, 0.2) is 0 Å². The van der Waals surface area contributed by atoms with Gasteiger partial charge in [0.25, 0.3) is 0 Å². The molecule has 0 aromatic carbocycles. The van der Waals surface area contributed by atoms with Crippen molar-refractivity contribution in [3.05, 3.63) is 0 Å². The number of methoxy groups -OCH3 is 2. The minimum Gasteiger partial charge on any atom is -0.394 e. The van der Waals surface area contributed by atoms with Crippen molar-refractivity contribution in [1.82, 2.24) is 0 Å². The van der Waals surface area contributed by atoms with Gasteiger partial charge in [-0.2, -0.15) is 0 Å². The van der Waals surface area contributed by atoms with E-state index < -0.39 is 0 Å². The van der Waals surface area contributed by atoms with E-state index in [1.165, 1.54) is 25.7 Å². The molecule has 0 saturated carbocycles. The summed E-state index contributed by atoms with van der Waals surface area (Å²) in [7, 11) is 3.37. The van der Waals surface area contributed by atoms with Gasteiger partial charge in [0.1, 0.15) is 0 Å². The molecule has 0 fully saturated rings. The van der Waals surface area contributed by atoms with E-state index in [0.29, 0.717) is 19.8 Å². The van der Waals surface area contributed by atoms with E-state index in [9.17, 15) is 0 Å². The molecule has 0 rings (SSSR count). The van der Waals surface area contributed by atoms with Crippen molar-refractivity contribution in [2.24, 2.45) is 0 Å². The Morgan fingerprint density at radius 3 is 2.00 bits per heavy atom. The Morgan fingerprint density at radius 1 is 0.812 bits per heavy atom. The quantitative estimate of drug-likeness (QED) is 0.588. The highest BCUT2D eigenvalue weighted by atomic mass is 16.5. The average molecular weight is 236 g/mol. The summed E-state index contributed by atoms with van der Waals surface area (Å²) in [6.07, 6.45) is 5.21. The van der Waals surface area contributed by atoms with Crippen LogP contribution < -0.4 is 0 Å². The molecule has 0 spiro atoms. The van der Waals surface area contributed by atoms with Gasteiger partial charge in [0, 0.05) is 20.8 Å². The molecular weight excluding hydrogens is 208 g/mol. The zero-order chi connectivity index (χ0) is 12.5. The SMILES string of the molecule is CCCCCCOC.COCCOCCO. The third kappa shape index (κ3) is 23.6. The fraction of sp³-hybridized carbons (Fsp3) is 1.00. The van der Waals surface area contributed by atoms with Crippen molar-refractivity contribution >= 4 is 0 Å². The lowest BCUT2D eigenvalue weighted by Crippen LogP contribution is -2.05. The average Bonchev–Trinajstić information content (AvgIpc) is 2.31. The van der Waals surface area contributed by atoms with E-state index in [2.05, 4.69) is 11.7 Å². The van der Waals surface area contributed by atoms with Crippen LogP contribution >= 0.6 is 0 Å². The van der Waals surface area contributed by atoms with Crippen LogP contribution in [0.3, 0.4) is 0 Å². The molecule has 0 aliphatic carbocycles. The number of hydrogen-bond donors (Lipinski definition) is 1. The molecule has 0 aliphatic rings. The van der Waals surface area contributed by atoms with E-state index in [1.807, 2.05) is 0 Å². The summed E-state index contributed by atoms with van der Waals surface area (Å²) in [5.41, 5.74) is 0. The van der Waals surface area contributed by atoms with Crippen molar-refractivity contribution in [2.75, 3.05) is 47.3 Å². The normalized spacial score (nSPS) is 9.75. The van der Waals surface area contributed by atoms with Crippen LogP contribution in [-0.2, 0) is 14.2 Å². The van der Waals surface area contributed by atoms with Crippen LogP contribution in [0.2, 0.25) is 0 Å². The molecule has 0 heterocycles. The monoisotopic (exact) mass is 236 g/mol. The van der Waals surface area contributed by atoms with Gasteiger partial charge in [0.15, 0.2) is 0 Å². The lowest BCUT2D eigenvalue weighted by molar-refractivity contribution is 0.0500. The van der Waals surface area contributed by atoms with E-state index >= 15 is 0 Å². The standard InChI is InChI=1S/C7H16O.C5H12O3/c1-3-4-5-6-7-8-2;1-7-4-5-8-3-2-6/h3-7H2,1-2H3;6H,2-5H2,1H3. The predicted octanol–water partition coefficient (Wildman–Crippen LogP) is 1.85. The summed E-state index contributed by atoms with van der Waals surface area (Å²) in [4.78, 5) is 0. The molecule has 16 heavy (non-hydrogen) atoms. The van der Waals surface area contributed by atoms with Gasteiger partial charge in [0.2, 0.25) is 0 Å². The van der Waals surface area contributed by atoms with Gasteiger partial charge in [-0.3, -0.25) is 0 Å². The van der Waals surface area contributed by atoms with Crippen LogP contribution in [0.25, 0.3) is 0 Å². The minimum absolute atomic E-state index is 0.0870. The summed E-state index contributed by atoms with van der Waals surface area (Å²) in [5.74, 6) is 0. The fourth-order valence-corrected chi connectivity index (χ4v) is 0.982. The minimum atomic E-state index is 0.0870. The van der Waals surface area contributed by atoms with E-state index in [1.54, 1.807) is 14.2 Å². The highest BCUT2D eigenvalue weighted by Gasteiger charge is 1.83. The van der Waals surface area contributed by atoms with Gasteiger partial charge in [0.05, 0.1) is 26.4 Å². The van der Waals surface area contributed by atoms with Crippen LogP contribution in [0.5, 0.6) is 0 Å². The van der Waals surface area contributed by atoms with Crippen molar-refractivity contribution in [2.45, 2.75) is 32.6 Å². The van der Waals surface area contributed by atoms with Crippen LogP contribution in [0.1, 0.15) is 32.6 Å². The second-order valence-corrected chi connectivity index (χ2v) is 3.38. The number of unbranched alkanes of at least 4 members (excludes halogenated alkanes) is 3. The first kappa shape index (κ1) is 18.2. The van der Waals surface area contributed by atoms with Crippen LogP contribution in [0, 0.1) is 0 Å². The smallest absolute Gasteiger partial charge is 0.0701 e. The first-order valence-corrected chi connectivity index (χ1v) is 5.99. The molecule has 4 nitrogen and oxygen atoms in total. The summed E-state index contributed by atoms with van der Waals surface area (Å²) >= 11 is 0. The van der Waals surface area contributed by atoms with Crippen molar-refractivity contribution in [1.29, 1.82) is 0 Å². The van der Waals surface area contributed by atoms with Gasteiger partial charge in [-0.15, -0.1) is 0 Å². The van der Waals surface area contributed by atoms with E-state index in [0.717, 1.165) is 6.61 Å². The molecule has 0 unspecified atom stereocenters. The van der Waals surface area contributed by atoms with Crippen molar-refractivity contribution in [3.8, 4) is 0 Å². The number of rotatable bonds is 10. The van der Waals surface area contributed by atoms with E-state index in [4.69, 9.17) is 14.6 Å². The number of aliphatic hydroxyl groups excluding tert-OH is 1.